The largest absolute Gasteiger partial charge is 0.494 e. The number of benzene rings is 3. The number of hydrogen-bond acceptors (Lipinski definition) is 5. The molecule has 1 atom stereocenters. The van der Waals surface area contributed by atoms with E-state index in [2.05, 4.69) is 53.4 Å². The molecule has 0 aliphatic carbocycles. The van der Waals surface area contributed by atoms with Gasteiger partial charge in [-0.3, -0.25) is 9.69 Å². The summed E-state index contributed by atoms with van der Waals surface area (Å²) in [6.07, 6.45) is 1.39. The Labute approximate surface area is 232 Å². The van der Waals surface area contributed by atoms with E-state index in [0.29, 0.717) is 44.8 Å². The van der Waals surface area contributed by atoms with Gasteiger partial charge in [-0.1, -0.05) is 60.7 Å². The van der Waals surface area contributed by atoms with Crippen molar-refractivity contribution in [1.29, 1.82) is 0 Å². The molecule has 2 aliphatic rings. The summed E-state index contributed by atoms with van der Waals surface area (Å²) in [5, 5.41) is 0. The highest BCUT2D eigenvalue weighted by molar-refractivity contribution is 7.89. The predicted octanol–water partition coefficient (Wildman–Crippen LogP) is 4.42. The smallest absolute Gasteiger partial charge is 0.243 e. The Morgan fingerprint density at radius 3 is 2.00 bits per heavy atom. The fourth-order valence-electron chi connectivity index (χ4n) is 5.73. The second kappa shape index (κ2) is 12.3. The number of nitrogens with zero attached hydrogens (tertiary/aromatic N) is 3. The number of amides is 1. The fraction of sp³-hybridized carbons (Fsp3) is 0.387. The summed E-state index contributed by atoms with van der Waals surface area (Å²) in [6, 6.07) is 27.7. The van der Waals surface area contributed by atoms with Crippen molar-refractivity contribution in [2.24, 2.45) is 5.92 Å². The van der Waals surface area contributed by atoms with E-state index in [4.69, 9.17) is 4.74 Å². The molecule has 5 rings (SSSR count). The molecule has 3 aromatic carbocycles. The summed E-state index contributed by atoms with van der Waals surface area (Å²) in [7, 11) is -3.67. The minimum absolute atomic E-state index is 0.0669. The Morgan fingerprint density at radius 2 is 1.44 bits per heavy atom. The van der Waals surface area contributed by atoms with Gasteiger partial charge in [0, 0.05) is 39.3 Å². The molecular formula is C31H37N3O4S. The summed E-state index contributed by atoms with van der Waals surface area (Å²) >= 11 is 0. The van der Waals surface area contributed by atoms with Crippen LogP contribution in [-0.4, -0.2) is 74.3 Å². The molecule has 2 heterocycles. The van der Waals surface area contributed by atoms with E-state index in [1.54, 1.807) is 24.3 Å². The Kier molecular flexibility index (Phi) is 8.65. The molecule has 2 saturated heterocycles. The molecule has 1 amide bonds. The lowest BCUT2D eigenvalue weighted by atomic mass is 9.95. The second-order valence-electron chi connectivity index (χ2n) is 10.2. The van der Waals surface area contributed by atoms with Crippen LogP contribution in [0.15, 0.2) is 89.8 Å². The van der Waals surface area contributed by atoms with Gasteiger partial charge in [0.15, 0.2) is 0 Å². The third-order valence-corrected chi connectivity index (χ3v) is 9.61. The average molecular weight is 548 g/mol. The van der Waals surface area contributed by atoms with Crippen molar-refractivity contribution in [3.63, 3.8) is 0 Å². The van der Waals surface area contributed by atoms with Gasteiger partial charge in [0.1, 0.15) is 5.75 Å². The lowest BCUT2D eigenvalue weighted by Crippen LogP contribution is -2.53. The first-order valence-electron chi connectivity index (χ1n) is 13.8. The minimum Gasteiger partial charge on any atom is -0.494 e. The van der Waals surface area contributed by atoms with Crippen molar-refractivity contribution >= 4 is 15.9 Å². The van der Waals surface area contributed by atoms with Crippen molar-refractivity contribution < 1.29 is 17.9 Å². The highest BCUT2D eigenvalue weighted by atomic mass is 32.2. The van der Waals surface area contributed by atoms with Crippen LogP contribution in [0.25, 0.3) is 0 Å². The van der Waals surface area contributed by atoms with Gasteiger partial charge in [0.25, 0.3) is 0 Å². The number of carbonyl (C=O) groups excluding carboxylic acids is 1. The van der Waals surface area contributed by atoms with Crippen LogP contribution in [0, 0.1) is 5.92 Å². The molecule has 3 aromatic rings. The summed E-state index contributed by atoms with van der Waals surface area (Å²) in [4.78, 5) is 18.2. The first kappa shape index (κ1) is 27.4. The molecule has 0 spiro atoms. The topological polar surface area (TPSA) is 70.2 Å². The van der Waals surface area contributed by atoms with Crippen LogP contribution in [0.2, 0.25) is 0 Å². The lowest BCUT2D eigenvalue weighted by Gasteiger charge is -2.41. The maximum absolute atomic E-state index is 13.6. The van der Waals surface area contributed by atoms with Crippen LogP contribution in [0.1, 0.15) is 36.9 Å². The number of piperidine rings is 1. The van der Waals surface area contributed by atoms with Gasteiger partial charge in [-0.2, -0.15) is 4.31 Å². The highest BCUT2D eigenvalue weighted by Crippen LogP contribution is 2.31. The third kappa shape index (κ3) is 6.19. The molecule has 0 radical (unpaired) electrons. The molecule has 0 bridgehead atoms. The van der Waals surface area contributed by atoms with E-state index < -0.39 is 10.0 Å². The molecule has 2 fully saturated rings. The van der Waals surface area contributed by atoms with Crippen LogP contribution < -0.4 is 4.74 Å². The Bertz CT molecular complexity index is 1290. The van der Waals surface area contributed by atoms with E-state index >= 15 is 0 Å². The third-order valence-electron chi connectivity index (χ3n) is 7.73. The molecule has 206 valence electrons. The second-order valence-corrected chi connectivity index (χ2v) is 12.1. The first-order valence-corrected chi connectivity index (χ1v) is 15.3. The van der Waals surface area contributed by atoms with Crippen molar-refractivity contribution in [3.8, 4) is 5.75 Å². The minimum atomic E-state index is -3.67. The standard InChI is InChI=1S/C31H37N3O4S/c1-2-38-28-15-17-29(18-16-28)39(36,37)34-19-9-14-27(24-34)31(35)33-22-20-32(21-23-33)30(25-10-5-3-6-11-25)26-12-7-4-8-13-26/h3-8,10-13,15-18,27,30H,2,9,14,19-24H2,1H3/t27-/m1/s1. The monoisotopic (exact) mass is 547 g/mol. The van der Waals surface area contributed by atoms with Gasteiger partial charge >= 0.3 is 0 Å². The van der Waals surface area contributed by atoms with Crippen LogP contribution in [0.5, 0.6) is 5.75 Å². The predicted molar refractivity (Wildman–Crippen MR) is 152 cm³/mol. The molecule has 2 aliphatic heterocycles. The highest BCUT2D eigenvalue weighted by Gasteiger charge is 2.36. The van der Waals surface area contributed by atoms with Crippen LogP contribution in [0.4, 0.5) is 0 Å². The molecule has 0 unspecified atom stereocenters. The summed E-state index contributed by atoms with van der Waals surface area (Å²) < 4.78 is 33.6. The van der Waals surface area contributed by atoms with Crippen LogP contribution in [-0.2, 0) is 14.8 Å². The SMILES string of the molecule is CCOc1ccc(S(=O)(=O)N2CCC[C@@H](C(=O)N3CCN(C(c4ccccc4)c4ccccc4)CC3)C2)cc1. The van der Waals surface area contributed by atoms with E-state index in [0.717, 1.165) is 13.1 Å². The average Bonchev–Trinajstić information content (AvgIpc) is 2.99. The van der Waals surface area contributed by atoms with E-state index in [1.165, 1.54) is 15.4 Å². The number of sulfonamides is 1. The maximum atomic E-state index is 13.6. The number of hydrogen-bond donors (Lipinski definition) is 0. The van der Waals surface area contributed by atoms with E-state index in [-0.39, 0.29) is 29.3 Å². The molecular weight excluding hydrogens is 510 g/mol. The lowest BCUT2D eigenvalue weighted by molar-refractivity contribution is -0.138. The molecule has 39 heavy (non-hydrogen) atoms. The summed E-state index contributed by atoms with van der Waals surface area (Å²) in [5.74, 6) is 0.392. The van der Waals surface area contributed by atoms with Gasteiger partial charge in [-0.25, -0.2) is 8.42 Å². The zero-order valence-electron chi connectivity index (χ0n) is 22.5. The Balaban J connectivity index is 1.23. The first-order chi connectivity index (χ1) is 19.0. The van der Waals surface area contributed by atoms with Crippen molar-refractivity contribution in [2.75, 3.05) is 45.9 Å². The Morgan fingerprint density at radius 1 is 0.846 bits per heavy atom. The molecule has 0 saturated carbocycles. The van der Waals surface area contributed by atoms with Crippen LogP contribution >= 0.6 is 0 Å². The molecule has 8 heteroatoms. The van der Waals surface area contributed by atoms with Crippen LogP contribution in [0.3, 0.4) is 0 Å². The maximum Gasteiger partial charge on any atom is 0.243 e. The summed E-state index contributed by atoms with van der Waals surface area (Å²) in [5.41, 5.74) is 2.48. The van der Waals surface area contributed by atoms with Crippen molar-refractivity contribution in [2.45, 2.75) is 30.7 Å². The Hall–Kier alpha value is -3.20. The summed E-state index contributed by atoms with van der Waals surface area (Å²) in [6.45, 7) is 5.88. The molecule has 7 nitrogen and oxygen atoms in total. The van der Waals surface area contributed by atoms with Crippen molar-refractivity contribution in [1.82, 2.24) is 14.1 Å². The molecule has 0 N–H and O–H groups in total. The number of rotatable bonds is 8. The normalized spacial score (nSPS) is 19.2. The van der Waals surface area contributed by atoms with Crippen molar-refractivity contribution in [3.05, 3.63) is 96.1 Å². The molecule has 0 aromatic heterocycles. The van der Waals surface area contributed by atoms with Gasteiger partial charge in [0.05, 0.1) is 23.5 Å². The zero-order chi connectivity index (χ0) is 27.2. The van der Waals surface area contributed by atoms with E-state index in [9.17, 15) is 13.2 Å². The van der Waals surface area contributed by atoms with Gasteiger partial charge in [-0.05, 0) is 55.2 Å². The van der Waals surface area contributed by atoms with E-state index in [1.807, 2.05) is 24.0 Å². The number of piperazine rings is 1. The quantitative estimate of drug-likeness (QED) is 0.418. The van der Waals surface area contributed by atoms with Gasteiger partial charge < -0.3 is 9.64 Å². The van der Waals surface area contributed by atoms with Gasteiger partial charge in [-0.15, -0.1) is 0 Å². The van der Waals surface area contributed by atoms with Gasteiger partial charge in [0.2, 0.25) is 15.9 Å². The fourth-order valence-corrected chi connectivity index (χ4v) is 7.25. The zero-order valence-corrected chi connectivity index (χ0v) is 23.3. The number of ether oxygens (including phenoxy) is 1. The number of carbonyl (C=O) groups is 1.